The Balaban J connectivity index is 2.27. The van der Waals surface area contributed by atoms with E-state index in [-0.39, 0.29) is 6.61 Å². The predicted octanol–water partition coefficient (Wildman–Crippen LogP) is 2.32. The largest absolute Gasteiger partial charge is 0.493 e. The first-order valence-corrected chi connectivity index (χ1v) is 7.19. The van der Waals surface area contributed by atoms with Crippen LogP contribution in [0.4, 0.5) is 0 Å². The van der Waals surface area contributed by atoms with Crippen LogP contribution in [-0.4, -0.2) is 38.0 Å². The van der Waals surface area contributed by atoms with Crippen molar-refractivity contribution in [2.75, 3.05) is 26.8 Å². The highest BCUT2D eigenvalue weighted by molar-refractivity contribution is 5.39. The average Bonchev–Trinajstić information content (AvgIpc) is 2.45. The molecule has 20 heavy (non-hydrogen) atoms. The van der Waals surface area contributed by atoms with Gasteiger partial charge in [-0.05, 0) is 30.5 Å². The van der Waals surface area contributed by atoms with Gasteiger partial charge in [-0.15, -0.1) is 0 Å². The molecule has 0 aromatic heterocycles. The zero-order chi connectivity index (χ0) is 15.0. The molecule has 1 aromatic rings. The van der Waals surface area contributed by atoms with E-state index in [2.05, 4.69) is 26.1 Å². The Morgan fingerprint density at radius 3 is 2.35 bits per heavy atom. The topological polar surface area (TPSA) is 50.7 Å². The summed E-state index contributed by atoms with van der Waals surface area (Å²) in [5.41, 5.74) is 0. The highest BCUT2D eigenvalue weighted by atomic mass is 16.5. The minimum absolute atomic E-state index is 0.253. The number of nitrogens with one attached hydrogen (secondary N) is 1. The molecule has 0 aliphatic carbocycles. The van der Waals surface area contributed by atoms with Gasteiger partial charge in [0.25, 0.3) is 0 Å². The van der Waals surface area contributed by atoms with E-state index in [1.165, 1.54) is 0 Å². The molecule has 2 atom stereocenters. The fraction of sp³-hybridized carbons (Fsp3) is 0.625. The van der Waals surface area contributed by atoms with Gasteiger partial charge in [0.1, 0.15) is 12.7 Å². The van der Waals surface area contributed by atoms with Gasteiger partial charge in [0.2, 0.25) is 0 Å². The normalized spacial score (nSPS) is 14.1. The summed E-state index contributed by atoms with van der Waals surface area (Å²) in [6, 6.07) is 7.44. The van der Waals surface area contributed by atoms with Crippen LogP contribution >= 0.6 is 0 Å². The van der Waals surface area contributed by atoms with Crippen LogP contribution in [0.5, 0.6) is 11.5 Å². The van der Waals surface area contributed by atoms with Gasteiger partial charge in [0, 0.05) is 6.54 Å². The quantitative estimate of drug-likeness (QED) is 0.729. The minimum atomic E-state index is -0.528. The predicted molar refractivity (Wildman–Crippen MR) is 81.4 cm³/mol. The van der Waals surface area contributed by atoms with Crippen molar-refractivity contribution in [3.8, 4) is 11.5 Å². The van der Waals surface area contributed by atoms with Crippen LogP contribution in [0.25, 0.3) is 0 Å². The van der Waals surface area contributed by atoms with Gasteiger partial charge in [0.15, 0.2) is 11.5 Å². The lowest BCUT2D eigenvalue weighted by Crippen LogP contribution is -2.34. The van der Waals surface area contributed by atoms with E-state index in [4.69, 9.17) is 9.47 Å². The third-order valence-electron chi connectivity index (χ3n) is 3.48. The molecule has 0 amide bonds. The first kappa shape index (κ1) is 16.8. The summed E-state index contributed by atoms with van der Waals surface area (Å²) >= 11 is 0. The van der Waals surface area contributed by atoms with E-state index in [0.717, 1.165) is 6.54 Å². The third-order valence-corrected chi connectivity index (χ3v) is 3.48. The van der Waals surface area contributed by atoms with Gasteiger partial charge < -0.3 is 19.9 Å². The first-order chi connectivity index (χ1) is 9.54. The lowest BCUT2D eigenvalue weighted by Gasteiger charge is -2.18. The number of hydrogen-bond acceptors (Lipinski definition) is 4. The lowest BCUT2D eigenvalue weighted by molar-refractivity contribution is 0.103. The van der Waals surface area contributed by atoms with Crippen molar-refractivity contribution in [1.82, 2.24) is 5.32 Å². The Kier molecular flexibility index (Phi) is 7.41. The molecule has 1 rings (SSSR count). The fourth-order valence-electron chi connectivity index (χ4n) is 1.70. The summed E-state index contributed by atoms with van der Waals surface area (Å²) in [4.78, 5) is 0. The van der Waals surface area contributed by atoms with Crippen LogP contribution in [0.3, 0.4) is 0 Å². The van der Waals surface area contributed by atoms with E-state index in [9.17, 15) is 5.11 Å². The molecule has 2 unspecified atom stereocenters. The van der Waals surface area contributed by atoms with Crippen molar-refractivity contribution >= 4 is 0 Å². The van der Waals surface area contributed by atoms with Crippen molar-refractivity contribution in [2.45, 2.75) is 26.9 Å². The highest BCUT2D eigenvalue weighted by Crippen LogP contribution is 2.25. The second kappa shape index (κ2) is 8.82. The van der Waals surface area contributed by atoms with E-state index >= 15 is 0 Å². The maximum atomic E-state index is 9.90. The number of benzene rings is 1. The minimum Gasteiger partial charge on any atom is -0.493 e. The monoisotopic (exact) mass is 281 g/mol. The van der Waals surface area contributed by atoms with Crippen molar-refractivity contribution in [3.05, 3.63) is 24.3 Å². The summed E-state index contributed by atoms with van der Waals surface area (Å²) in [6.07, 6.45) is -0.528. The Bertz CT molecular complexity index is 382. The summed E-state index contributed by atoms with van der Waals surface area (Å²) in [6.45, 7) is 8.30. The number of aliphatic hydroxyl groups excluding tert-OH is 1. The fourth-order valence-corrected chi connectivity index (χ4v) is 1.70. The van der Waals surface area contributed by atoms with E-state index in [1.807, 2.05) is 24.3 Å². The van der Waals surface area contributed by atoms with Crippen molar-refractivity contribution in [3.63, 3.8) is 0 Å². The molecule has 0 aliphatic rings. The Morgan fingerprint density at radius 1 is 1.10 bits per heavy atom. The zero-order valence-corrected chi connectivity index (χ0v) is 12.9. The first-order valence-electron chi connectivity index (χ1n) is 7.19. The van der Waals surface area contributed by atoms with Gasteiger partial charge in [-0.2, -0.15) is 0 Å². The van der Waals surface area contributed by atoms with Gasteiger partial charge in [0.05, 0.1) is 7.11 Å². The Morgan fingerprint density at radius 2 is 1.75 bits per heavy atom. The standard InChI is InChI=1S/C16H27NO3/c1-12(2)13(3)9-17-10-14(18)11-20-16-8-6-5-7-15(16)19-4/h5-8,12-14,17-18H,9-11H2,1-4H3. The number of aliphatic hydroxyl groups is 1. The van der Waals surface area contributed by atoms with E-state index in [0.29, 0.717) is 29.9 Å². The zero-order valence-electron chi connectivity index (χ0n) is 12.9. The molecule has 0 radical (unpaired) electrons. The molecule has 4 heteroatoms. The molecule has 0 saturated heterocycles. The maximum Gasteiger partial charge on any atom is 0.161 e. The Hall–Kier alpha value is -1.26. The molecule has 0 heterocycles. The molecule has 0 aliphatic heterocycles. The molecule has 0 saturated carbocycles. The highest BCUT2D eigenvalue weighted by Gasteiger charge is 2.10. The van der Waals surface area contributed by atoms with Crippen molar-refractivity contribution in [2.24, 2.45) is 11.8 Å². The van der Waals surface area contributed by atoms with Gasteiger partial charge >= 0.3 is 0 Å². The van der Waals surface area contributed by atoms with Crippen LogP contribution < -0.4 is 14.8 Å². The molecule has 114 valence electrons. The third kappa shape index (κ3) is 5.80. The number of methoxy groups -OCH3 is 1. The van der Waals surface area contributed by atoms with Crippen LogP contribution in [0.1, 0.15) is 20.8 Å². The lowest BCUT2D eigenvalue weighted by atomic mass is 9.98. The van der Waals surface area contributed by atoms with E-state index in [1.54, 1.807) is 7.11 Å². The number of para-hydroxylation sites is 2. The maximum absolute atomic E-state index is 9.90. The van der Waals surface area contributed by atoms with Gasteiger partial charge in [-0.25, -0.2) is 0 Å². The van der Waals surface area contributed by atoms with Crippen LogP contribution in [0.15, 0.2) is 24.3 Å². The summed E-state index contributed by atoms with van der Waals surface area (Å²) in [7, 11) is 1.60. The van der Waals surface area contributed by atoms with E-state index < -0.39 is 6.10 Å². The van der Waals surface area contributed by atoms with Crippen molar-refractivity contribution < 1.29 is 14.6 Å². The summed E-state index contributed by atoms with van der Waals surface area (Å²) < 4.78 is 10.8. The van der Waals surface area contributed by atoms with Gasteiger partial charge in [-0.3, -0.25) is 0 Å². The summed E-state index contributed by atoms with van der Waals surface area (Å²) in [5, 5.41) is 13.2. The van der Waals surface area contributed by atoms with Crippen LogP contribution in [0.2, 0.25) is 0 Å². The number of ether oxygens (including phenoxy) is 2. The molecule has 0 fully saturated rings. The molecular weight excluding hydrogens is 254 g/mol. The molecular formula is C16H27NO3. The van der Waals surface area contributed by atoms with Crippen molar-refractivity contribution in [1.29, 1.82) is 0 Å². The second-order valence-corrected chi connectivity index (χ2v) is 5.50. The molecule has 4 nitrogen and oxygen atoms in total. The molecule has 1 aromatic carbocycles. The average molecular weight is 281 g/mol. The summed E-state index contributed by atoms with van der Waals surface area (Å²) in [5.74, 6) is 2.58. The smallest absolute Gasteiger partial charge is 0.161 e. The molecule has 0 bridgehead atoms. The number of hydrogen-bond donors (Lipinski definition) is 2. The second-order valence-electron chi connectivity index (χ2n) is 5.50. The van der Waals surface area contributed by atoms with Crippen LogP contribution in [0, 0.1) is 11.8 Å². The van der Waals surface area contributed by atoms with Gasteiger partial charge in [-0.1, -0.05) is 32.9 Å². The van der Waals surface area contributed by atoms with Crippen LogP contribution in [-0.2, 0) is 0 Å². The number of rotatable bonds is 9. The molecule has 0 spiro atoms. The Labute approximate surface area is 122 Å². The SMILES string of the molecule is COc1ccccc1OCC(O)CNCC(C)C(C)C. The molecule has 2 N–H and O–H groups in total.